The van der Waals surface area contributed by atoms with E-state index < -0.39 is 5.97 Å². The van der Waals surface area contributed by atoms with Crippen LogP contribution in [0.25, 0.3) is 32.2 Å². The zero-order valence-electron chi connectivity index (χ0n) is 17.6. The van der Waals surface area contributed by atoms with Gasteiger partial charge in [0.2, 0.25) is 0 Å². The van der Waals surface area contributed by atoms with Crippen LogP contribution in [0.5, 0.6) is 10.9 Å². The molecule has 0 saturated heterocycles. The third-order valence-corrected chi connectivity index (χ3v) is 6.47. The molecule has 0 radical (unpaired) electrons. The average molecular weight is 435 g/mol. The molecule has 0 atom stereocenters. The molecule has 6 nitrogen and oxygen atoms in total. The summed E-state index contributed by atoms with van der Waals surface area (Å²) < 4.78 is 12.6. The normalized spacial score (nSPS) is 13.0. The number of nitrogens with zero attached hydrogens (tertiary/aromatic N) is 2. The van der Waals surface area contributed by atoms with Gasteiger partial charge in [0.25, 0.3) is 5.19 Å². The van der Waals surface area contributed by atoms with E-state index in [9.17, 15) is 9.90 Å². The molecule has 1 N–H and O–H groups in total. The Hall–Kier alpha value is -3.19. The first-order valence-corrected chi connectivity index (χ1v) is 11.1. The molecule has 4 aromatic rings. The molecule has 0 aliphatic carbocycles. The smallest absolute Gasteiger partial charge is 0.307 e. The average Bonchev–Trinajstić information content (AvgIpc) is 3.10. The Kier molecular flexibility index (Phi) is 4.78. The Balaban J connectivity index is 1.86. The lowest BCUT2D eigenvalue weighted by Gasteiger charge is -2.20. The Bertz CT molecular complexity index is 1330. The van der Waals surface area contributed by atoms with Crippen molar-refractivity contribution in [2.75, 3.05) is 6.61 Å². The second kappa shape index (κ2) is 7.50. The molecule has 2 aromatic carbocycles. The number of aliphatic carboxylic acids is 1. The highest BCUT2D eigenvalue weighted by Gasteiger charge is 2.24. The number of hydrogen-bond acceptors (Lipinski definition) is 6. The molecule has 158 valence electrons. The van der Waals surface area contributed by atoms with Gasteiger partial charge in [-0.2, -0.15) is 0 Å². The van der Waals surface area contributed by atoms with Crippen LogP contribution >= 0.6 is 11.3 Å². The Morgan fingerprint density at radius 3 is 2.94 bits per heavy atom. The van der Waals surface area contributed by atoms with Crippen molar-refractivity contribution in [1.29, 1.82) is 0 Å². The van der Waals surface area contributed by atoms with Gasteiger partial charge in [-0.05, 0) is 61.7 Å². The molecule has 0 unspecified atom stereocenters. The number of fused-ring (bicyclic) bond motifs is 1. The van der Waals surface area contributed by atoms with Crippen molar-refractivity contribution in [3.8, 4) is 22.1 Å². The van der Waals surface area contributed by atoms with E-state index in [0.717, 1.165) is 55.5 Å². The fourth-order valence-corrected chi connectivity index (χ4v) is 5.34. The molecule has 0 spiro atoms. The summed E-state index contributed by atoms with van der Waals surface area (Å²) in [4.78, 5) is 21.1. The van der Waals surface area contributed by atoms with Crippen molar-refractivity contribution < 1.29 is 19.4 Å². The fraction of sp³-hybridized carbons (Fsp3) is 0.292. The molecule has 5 rings (SSSR count). The van der Waals surface area contributed by atoms with E-state index in [1.807, 2.05) is 51.2 Å². The van der Waals surface area contributed by atoms with Crippen LogP contribution in [0.1, 0.15) is 30.5 Å². The minimum Gasteiger partial charge on any atom is -0.493 e. The molecule has 0 saturated carbocycles. The molecule has 1 aliphatic rings. The molecular weight excluding hydrogens is 412 g/mol. The van der Waals surface area contributed by atoms with Crippen molar-refractivity contribution in [2.24, 2.45) is 0 Å². The van der Waals surface area contributed by atoms with Gasteiger partial charge < -0.3 is 14.6 Å². The minimum atomic E-state index is -0.870. The number of aryl methyl sites for hydroxylation is 1. The van der Waals surface area contributed by atoms with Gasteiger partial charge >= 0.3 is 5.97 Å². The standard InChI is InChI=1S/C24H22N2O4S/c1-12(2)30-24-26-17-10-13(3)16(11-19(27)28)21(23(17)31-24)15-4-5-18-20-14(7-9-29-18)6-8-25-22(15)20/h4-6,8,10,12H,7,9,11H2,1-3H3,(H,27,28). The maximum absolute atomic E-state index is 11.7. The first-order chi connectivity index (χ1) is 14.9. The van der Waals surface area contributed by atoms with Crippen LogP contribution in [0.4, 0.5) is 0 Å². The van der Waals surface area contributed by atoms with E-state index in [1.165, 1.54) is 16.9 Å². The highest BCUT2D eigenvalue weighted by atomic mass is 32.1. The van der Waals surface area contributed by atoms with Crippen LogP contribution in [-0.2, 0) is 17.6 Å². The molecule has 31 heavy (non-hydrogen) atoms. The number of ether oxygens (including phenoxy) is 2. The third-order valence-electron chi connectivity index (χ3n) is 5.49. The first kappa shape index (κ1) is 19.8. The predicted octanol–water partition coefficient (Wildman–Crippen LogP) is 5.17. The van der Waals surface area contributed by atoms with E-state index in [-0.39, 0.29) is 12.5 Å². The Morgan fingerprint density at radius 2 is 2.16 bits per heavy atom. The number of thiazole rings is 1. The van der Waals surface area contributed by atoms with Gasteiger partial charge in [-0.25, -0.2) is 4.98 Å². The maximum Gasteiger partial charge on any atom is 0.307 e. The van der Waals surface area contributed by atoms with E-state index in [2.05, 4.69) is 4.98 Å². The van der Waals surface area contributed by atoms with Crippen LogP contribution in [0.2, 0.25) is 0 Å². The van der Waals surface area contributed by atoms with Crippen LogP contribution in [-0.4, -0.2) is 33.8 Å². The molecule has 1 aliphatic heterocycles. The first-order valence-electron chi connectivity index (χ1n) is 10.3. The highest BCUT2D eigenvalue weighted by molar-refractivity contribution is 7.20. The van der Waals surface area contributed by atoms with Gasteiger partial charge in [-0.1, -0.05) is 11.3 Å². The number of carbonyl (C=O) groups is 1. The lowest BCUT2D eigenvalue weighted by molar-refractivity contribution is -0.136. The number of hydrogen-bond donors (Lipinski definition) is 1. The van der Waals surface area contributed by atoms with Crippen LogP contribution in [0.3, 0.4) is 0 Å². The number of carboxylic acid groups (broad SMARTS) is 1. The van der Waals surface area contributed by atoms with E-state index in [4.69, 9.17) is 14.5 Å². The van der Waals surface area contributed by atoms with Crippen LogP contribution < -0.4 is 9.47 Å². The van der Waals surface area contributed by atoms with Gasteiger partial charge in [0.1, 0.15) is 5.75 Å². The minimum absolute atomic E-state index is 0.00273. The van der Waals surface area contributed by atoms with Crippen LogP contribution in [0.15, 0.2) is 30.5 Å². The summed E-state index contributed by atoms with van der Waals surface area (Å²) in [7, 11) is 0. The highest BCUT2D eigenvalue weighted by Crippen LogP contribution is 2.44. The van der Waals surface area contributed by atoms with Gasteiger partial charge in [-0.3, -0.25) is 9.78 Å². The van der Waals surface area contributed by atoms with E-state index in [1.54, 1.807) is 0 Å². The van der Waals surface area contributed by atoms with Gasteiger partial charge in [-0.15, -0.1) is 0 Å². The van der Waals surface area contributed by atoms with Crippen molar-refractivity contribution in [3.63, 3.8) is 0 Å². The monoisotopic (exact) mass is 434 g/mol. The number of benzene rings is 2. The fourth-order valence-electron chi connectivity index (χ4n) is 4.23. The molecule has 7 heteroatoms. The topological polar surface area (TPSA) is 81.5 Å². The molecule has 0 amide bonds. The zero-order valence-corrected chi connectivity index (χ0v) is 18.4. The lowest BCUT2D eigenvalue weighted by Crippen LogP contribution is -2.09. The molecule has 0 fully saturated rings. The Morgan fingerprint density at radius 1 is 1.32 bits per heavy atom. The summed E-state index contributed by atoms with van der Waals surface area (Å²) in [5, 5.41) is 11.2. The largest absolute Gasteiger partial charge is 0.493 e. The van der Waals surface area contributed by atoms with Crippen molar-refractivity contribution in [3.05, 3.63) is 47.2 Å². The summed E-state index contributed by atoms with van der Waals surface area (Å²) in [5.74, 6) is -0.0455. The summed E-state index contributed by atoms with van der Waals surface area (Å²) in [6, 6.07) is 7.93. The lowest BCUT2D eigenvalue weighted by atomic mass is 9.90. The van der Waals surface area contributed by atoms with Gasteiger partial charge in [0.15, 0.2) is 0 Å². The Labute approximate surface area is 183 Å². The van der Waals surface area contributed by atoms with E-state index in [0.29, 0.717) is 11.8 Å². The summed E-state index contributed by atoms with van der Waals surface area (Å²) in [6.45, 7) is 6.51. The number of rotatable bonds is 5. The molecule has 3 heterocycles. The van der Waals surface area contributed by atoms with Crippen LogP contribution in [0, 0.1) is 6.92 Å². The molecule has 0 bridgehead atoms. The van der Waals surface area contributed by atoms with E-state index >= 15 is 0 Å². The van der Waals surface area contributed by atoms with Crippen molar-refractivity contribution >= 4 is 38.4 Å². The quantitative estimate of drug-likeness (QED) is 0.467. The summed E-state index contributed by atoms with van der Waals surface area (Å²) in [6.07, 6.45) is 2.57. The number of aromatic nitrogens is 2. The molecular formula is C24H22N2O4S. The number of carboxylic acids is 1. The van der Waals surface area contributed by atoms with Crippen molar-refractivity contribution in [1.82, 2.24) is 9.97 Å². The van der Waals surface area contributed by atoms with Gasteiger partial charge in [0.05, 0.1) is 34.9 Å². The SMILES string of the molecule is Cc1cc2nc(OC(C)C)sc2c(-c2ccc3c4c(ccnc24)CCO3)c1CC(=O)O. The summed E-state index contributed by atoms with van der Waals surface area (Å²) in [5.41, 5.74) is 6.27. The maximum atomic E-state index is 11.7. The van der Waals surface area contributed by atoms with Crippen molar-refractivity contribution in [2.45, 2.75) is 39.7 Å². The second-order valence-electron chi connectivity index (χ2n) is 8.02. The molecule has 2 aromatic heterocycles. The third kappa shape index (κ3) is 3.39. The predicted molar refractivity (Wildman–Crippen MR) is 121 cm³/mol. The summed E-state index contributed by atoms with van der Waals surface area (Å²) >= 11 is 1.45. The van der Waals surface area contributed by atoms with Gasteiger partial charge in [0, 0.05) is 29.1 Å². The zero-order chi connectivity index (χ0) is 21.7. The second-order valence-corrected chi connectivity index (χ2v) is 8.98. The number of pyridine rings is 1.